The molecule has 0 aliphatic heterocycles. The molecule has 148 valence electrons. The Morgan fingerprint density at radius 2 is 1.62 bits per heavy atom. The van der Waals surface area contributed by atoms with E-state index in [1.54, 1.807) is 7.11 Å². The molecule has 4 heteroatoms. The number of rotatable bonds is 9. The third-order valence-electron chi connectivity index (χ3n) is 4.39. The van der Waals surface area contributed by atoms with Crippen molar-refractivity contribution in [2.24, 2.45) is 0 Å². The normalized spacial score (nSPS) is 10.7. The van der Waals surface area contributed by atoms with Crippen LogP contribution in [0.3, 0.4) is 0 Å². The van der Waals surface area contributed by atoms with Crippen molar-refractivity contribution >= 4 is 11.8 Å². The zero-order valence-corrected chi connectivity index (χ0v) is 16.7. The molecule has 0 fully saturated rings. The van der Waals surface area contributed by atoms with E-state index in [4.69, 9.17) is 19.6 Å². The van der Waals surface area contributed by atoms with Gasteiger partial charge >= 0.3 is 0 Å². The summed E-state index contributed by atoms with van der Waals surface area (Å²) < 4.78 is 17.0. The van der Waals surface area contributed by atoms with Crippen LogP contribution in [0.5, 0.6) is 17.2 Å². The van der Waals surface area contributed by atoms with Gasteiger partial charge in [-0.05, 0) is 42.3 Å². The van der Waals surface area contributed by atoms with Crippen molar-refractivity contribution in [1.82, 2.24) is 0 Å². The van der Waals surface area contributed by atoms with Gasteiger partial charge in [-0.2, -0.15) is 0 Å². The van der Waals surface area contributed by atoms with Gasteiger partial charge in [-0.15, -0.1) is 0 Å². The van der Waals surface area contributed by atoms with Crippen molar-refractivity contribution in [2.75, 3.05) is 13.7 Å². The fourth-order valence-corrected chi connectivity index (χ4v) is 2.83. The number of benzene rings is 3. The van der Waals surface area contributed by atoms with E-state index in [2.05, 4.69) is 0 Å². The van der Waals surface area contributed by atoms with Gasteiger partial charge in [0.15, 0.2) is 0 Å². The van der Waals surface area contributed by atoms with Crippen LogP contribution < -0.4 is 14.2 Å². The molecule has 0 bridgehead atoms. The number of methoxy groups -OCH3 is 1. The molecule has 0 radical (unpaired) electrons. The summed E-state index contributed by atoms with van der Waals surface area (Å²) in [6.45, 7) is 2.66. The Morgan fingerprint density at radius 3 is 2.31 bits per heavy atom. The fourth-order valence-electron chi connectivity index (χ4n) is 2.83. The average Bonchev–Trinajstić information content (AvgIpc) is 2.78. The highest BCUT2D eigenvalue weighted by atomic mass is 16.5. The van der Waals surface area contributed by atoms with Gasteiger partial charge in [-0.25, -0.2) is 0 Å². The third kappa shape index (κ3) is 5.72. The molecule has 3 aromatic rings. The van der Waals surface area contributed by atoms with Gasteiger partial charge in [0.1, 0.15) is 30.5 Å². The summed E-state index contributed by atoms with van der Waals surface area (Å²) in [5, 5.41) is 8.10. The SMILES string of the molecule is C/C=C/c1ccc(OCc2ccc(OCC(=N)c3ccccc3)cc2)cc1OC. The predicted octanol–water partition coefficient (Wildman–Crippen LogP) is 5.75. The van der Waals surface area contributed by atoms with Gasteiger partial charge in [-0.1, -0.05) is 54.6 Å². The summed E-state index contributed by atoms with van der Waals surface area (Å²) in [6.07, 6.45) is 3.97. The van der Waals surface area contributed by atoms with Gasteiger partial charge in [0.25, 0.3) is 0 Å². The van der Waals surface area contributed by atoms with Gasteiger partial charge in [0.05, 0.1) is 12.8 Å². The first-order valence-corrected chi connectivity index (χ1v) is 9.47. The van der Waals surface area contributed by atoms with Crippen LogP contribution in [0.4, 0.5) is 0 Å². The number of allylic oxidation sites excluding steroid dienone is 1. The Kier molecular flexibility index (Phi) is 7.06. The van der Waals surface area contributed by atoms with Crippen molar-refractivity contribution < 1.29 is 14.2 Å². The van der Waals surface area contributed by atoms with E-state index in [1.165, 1.54) is 0 Å². The van der Waals surface area contributed by atoms with E-state index in [1.807, 2.05) is 91.9 Å². The second kappa shape index (κ2) is 10.1. The molecule has 0 atom stereocenters. The Bertz CT molecular complexity index is 963. The maximum Gasteiger partial charge on any atom is 0.130 e. The lowest BCUT2D eigenvalue weighted by Gasteiger charge is -2.11. The standard InChI is InChI=1S/C25H25NO3/c1-3-7-21-12-15-23(16-25(21)27-2)28-17-19-10-13-22(14-11-19)29-18-24(26)20-8-5-4-6-9-20/h3-16,26H,17-18H2,1-2H3/b7-3+,26-24?. The third-order valence-corrected chi connectivity index (χ3v) is 4.39. The Morgan fingerprint density at radius 1 is 0.897 bits per heavy atom. The molecule has 0 aliphatic carbocycles. The highest BCUT2D eigenvalue weighted by Crippen LogP contribution is 2.26. The molecule has 0 amide bonds. The molecule has 0 aliphatic rings. The van der Waals surface area contributed by atoms with Gasteiger partial charge in [-0.3, -0.25) is 0 Å². The van der Waals surface area contributed by atoms with Crippen molar-refractivity contribution in [1.29, 1.82) is 5.41 Å². The number of ether oxygens (including phenoxy) is 3. The molecule has 0 saturated carbocycles. The molecular weight excluding hydrogens is 362 g/mol. The molecule has 3 rings (SSSR count). The van der Waals surface area contributed by atoms with Crippen molar-refractivity contribution in [3.63, 3.8) is 0 Å². The maximum atomic E-state index is 8.10. The number of hydrogen-bond donors (Lipinski definition) is 1. The molecule has 0 saturated heterocycles. The molecule has 0 unspecified atom stereocenters. The quantitative estimate of drug-likeness (QED) is 0.475. The van der Waals surface area contributed by atoms with Crippen molar-refractivity contribution in [3.8, 4) is 17.2 Å². The van der Waals surface area contributed by atoms with Crippen molar-refractivity contribution in [2.45, 2.75) is 13.5 Å². The fraction of sp³-hybridized carbons (Fsp3) is 0.160. The minimum absolute atomic E-state index is 0.234. The summed E-state index contributed by atoms with van der Waals surface area (Å²) in [5.74, 6) is 2.27. The highest BCUT2D eigenvalue weighted by molar-refractivity contribution is 5.99. The van der Waals surface area contributed by atoms with Crippen LogP contribution in [0, 0.1) is 5.41 Å². The van der Waals surface area contributed by atoms with E-state index >= 15 is 0 Å². The van der Waals surface area contributed by atoms with Crippen LogP contribution in [-0.4, -0.2) is 19.4 Å². The van der Waals surface area contributed by atoms with Crippen LogP contribution in [0.15, 0.2) is 78.9 Å². The second-order valence-corrected chi connectivity index (χ2v) is 6.47. The Hall–Kier alpha value is -3.53. The topological polar surface area (TPSA) is 51.5 Å². The average molecular weight is 387 g/mol. The lowest BCUT2D eigenvalue weighted by atomic mass is 10.1. The smallest absolute Gasteiger partial charge is 0.130 e. The minimum Gasteiger partial charge on any atom is -0.496 e. The lowest BCUT2D eigenvalue weighted by molar-refractivity contribution is 0.303. The van der Waals surface area contributed by atoms with Gasteiger partial charge in [0.2, 0.25) is 0 Å². The predicted molar refractivity (Wildman–Crippen MR) is 117 cm³/mol. The summed E-state index contributed by atoms with van der Waals surface area (Å²) in [5.41, 5.74) is 3.37. The van der Waals surface area contributed by atoms with E-state index in [0.717, 1.165) is 33.9 Å². The first-order valence-electron chi connectivity index (χ1n) is 9.47. The molecule has 0 spiro atoms. The molecule has 0 heterocycles. The summed E-state index contributed by atoms with van der Waals surface area (Å²) >= 11 is 0. The van der Waals surface area contributed by atoms with E-state index in [-0.39, 0.29) is 6.61 Å². The van der Waals surface area contributed by atoms with Gasteiger partial charge in [0, 0.05) is 11.6 Å². The Balaban J connectivity index is 1.53. The Labute approximate surface area is 171 Å². The van der Waals surface area contributed by atoms with Crippen LogP contribution in [0.2, 0.25) is 0 Å². The largest absolute Gasteiger partial charge is 0.496 e. The van der Waals surface area contributed by atoms with Gasteiger partial charge < -0.3 is 19.6 Å². The molecule has 29 heavy (non-hydrogen) atoms. The first-order chi connectivity index (χ1) is 14.2. The first kappa shape index (κ1) is 20.2. The lowest BCUT2D eigenvalue weighted by Crippen LogP contribution is -2.11. The maximum absolute atomic E-state index is 8.10. The number of hydrogen-bond acceptors (Lipinski definition) is 4. The molecule has 4 nitrogen and oxygen atoms in total. The summed E-state index contributed by atoms with van der Waals surface area (Å²) in [7, 11) is 1.66. The molecular formula is C25H25NO3. The number of nitrogens with one attached hydrogen (secondary N) is 1. The summed E-state index contributed by atoms with van der Waals surface area (Å²) in [4.78, 5) is 0. The molecule has 3 aromatic carbocycles. The van der Waals surface area contributed by atoms with Crippen LogP contribution in [0.25, 0.3) is 6.08 Å². The second-order valence-electron chi connectivity index (χ2n) is 6.47. The molecule has 1 N–H and O–H groups in total. The summed E-state index contributed by atoms with van der Waals surface area (Å²) in [6, 6.07) is 23.1. The van der Waals surface area contributed by atoms with E-state index < -0.39 is 0 Å². The van der Waals surface area contributed by atoms with E-state index in [0.29, 0.717) is 12.3 Å². The van der Waals surface area contributed by atoms with Crippen LogP contribution in [0.1, 0.15) is 23.6 Å². The minimum atomic E-state index is 0.234. The van der Waals surface area contributed by atoms with E-state index in [9.17, 15) is 0 Å². The van der Waals surface area contributed by atoms with Crippen molar-refractivity contribution in [3.05, 3.63) is 95.6 Å². The highest BCUT2D eigenvalue weighted by Gasteiger charge is 2.05. The zero-order chi connectivity index (χ0) is 20.5. The molecule has 0 aromatic heterocycles. The zero-order valence-electron chi connectivity index (χ0n) is 16.7. The van der Waals surface area contributed by atoms with Crippen LogP contribution in [-0.2, 0) is 6.61 Å². The van der Waals surface area contributed by atoms with Crippen LogP contribution >= 0.6 is 0 Å². The monoisotopic (exact) mass is 387 g/mol.